The van der Waals surface area contributed by atoms with Gasteiger partial charge in [0.2, 0.25) is 0 Å². The monoisotopic (exact) mass is 206 g/mol. The second-order valence-electron chi connectivity index (χ2n) is 3.67. The summed E-state index contributed by atoms with van der Waals surface area (Å²) in [4.78, 5) is 13.8. The summed E-state index contributed by atoms with van der Waals surface area (Å²) in [6.45, 7) is 11.7. The van der Waals surface area contributed by atoms with E-state index < -0.39 is 0 Å². The molecule has 0 radical (unpaired) electrons. The van der Waals surface area contributed by atoms with Gasteiger partial charge in [-0.15, -0.1) is 0 Å². The lowest BCUT2D eigenvalue weighted by molar-refractivity contribution is -0.127. The van der Waals surface area contributed by atoms with Crippen molar-refractivity contribution in [3.63, 3.8) is 0 Å². The molecule has 15 heavy (non-hydrogen) atoms. The van der Waals surface area contributed by atoms with Gasteiger partial charge in [-0.3, -0.25) is 4.79 Å². The van der Waals surface area contributed by atoms with Gasteiger partial charge in [-0.1, -0.05) is 31.4 Å². The van der Waals surface area contributed by atoms with E-state index in [0.717, 1.165) is 19.6 Å². The second-order valence-corrected chi connectivity index (χ2v) is 3.67. The van der Waals surface area contributed by atoms with Crippen molar-refractivity contribution in [3.8, 4) is 0 Å². The highest BCUT2D eigenvalue weighted by atomic mass is 16.2. The Hall–Kier alpha value is -1.35. The molecule has 1 aliphatic rings. The van der Waals surface area contributed by atoms with Crippen molar-refractivity contribution >= 4 is 5.91 Å². The Morgan fingerprint density at radius 3 is 2.80 bits per heavy atom. The average molecular weight is 206 g/mol. The van der Waals surface area contributed by atoms with Gasteiger partial charge in [-0.2, -0.15) is 0 Å². The van der Waals surface area contributed by atoms with Gasteiger partial charge in [0.05, 0.1) is 0 Å². The first kappa shape index (κ1) is 11.7. The Labute approximate surface area is 91.2 Å². The molecule has 0 aromatic heterocycles. The summed E-state index contributed by atoms with van der Waals surface area (Å²) in [7, 11) is 0. The summed E-state index contributed by atoms with van der Waals surface area (Å²) in [6, 6.07) is 0.359. The maximum absolute atomic E-state index is 12.0. The Bertz CT molecular complexity index is 294. The fraction of sp³-hybridized carbons (Fsp3) is 0.417. The summed E-state index contributed by atoms with van der Waals surface area (Å²) >= 11 is 0. The van der Waals surface area contributed by atoms with Gasteiger partial charge in [0.15, 0.2) is 0 Å². The van der Waals surface area contributed by atoms with Gasteiger partial charge < -0.3 is 10.2 Å². The van der Waals surface area contributed by atoms with Crippen LogP contribution in [0.2, 0.25) is 0 Å². The number of allylic oxidation sites excluding steroid dienone is 2. The summed E-state index contributed by atoms with van der Waals surface area (Å²) < 4.78 is 0. The highest BCUT2D eigenvalue weighted by Gasteiger charge is 2.21. The topological polar surface area (TPSA) is 32.3 Å². The van der Waals surface area contributed by atoms with Gasteiger partial charge in [0.25, 0.3) is 5.91 Å². The van der Waals surface area contributed by atoms with E-state index in [4.69, 9.17) is 0 Å². The highest BCUT2D eigenvalue weighted by Crippen LogP contribution is 2.07. The summed E-state index contributed by atoms with van der Waals surface area (Å²) in [5.74, 6) is 0.0400. The Morgan fingerprint density at radius 1 is 1.53 bits per heavy atom. The molecule has 0 aliphatic carbocycles. The van der Waals surface area contributed by atoms with Crippen LogP contribution in [-0.4, -0.2) is 36.5 Å². The second kappa shape index (κ2) is 5.51. The number of amides is 1. The van der Waals surface area contributed by atoms with Crippen LogP contribution in [0, 0.1) is 0 Å². The third kappa shape index (κ3) is 3.06. The molecule has 3 nitrogen and oxygen atoms in total. The molecule has 1 amide bonds. The van der Waals surface area contributed by atoms with Gasteiger partial charge >= 0.3 is 0 Å². The number of carbonyl (C=O) groups excluding carboxylic acids is 1. The first-order chi connectivity index (χ1) is 7.19. The maximum atomic E-state index is 12.0. The third-order valence-corrected chi connectivity index (χ3v) is 2.42. The molecule has 82 valence electrons. The van der Waals surface area contributed by atoms with E-state index >= 15 is 0 Å². The van der Waals surface area contributed by atoms with Crippen LogP contribution in [0.4, 0.5) is 0 Å². The van der Waals surface area contributed by atoms with Crippen LogP contribution in [0.3, 0.4) is 0 Å². The summed E-state index contributed by atoms with van der Waals surface area (Å²) in [5, 5.41) is 3.30. The van der Waals surface area contributed by atoms with Crippen LogP contribution < -0.4 is 5.32 Å². The van der Waals surface area contributed by atoms with E-state index in [2.05, 4.69) is 25.4 Å². The normalized spacial score (nSPS) is 22.3. The van der Waals surface area contributed by atoms with Crippen LogP contribution in [0.25, 0.3) is 0 Å². The minimum Gasteiger partial charge on any atom is -0.336 e. The van der Waals surface area contributed by atoms with Crippen LogP contribution in [0.5, 0.6) is 0 Å². The molecule has 0 aromatic rings. The van der Waals surface area contributed by atoms with Crippen molar-refractivity contribution in [3.05, 3.63) is 37.0 Å². The van der Waals surface area contributed by atoms with Gasteiger partial charge in [-0.05, 0) is 6.92 Å². The van der Waals surface area contributed by atoms with E-state index in [9.17, 15) is 4.79 Å². The van der Waals surface area contributed by atoms with E-state index in [0.29, 0.717) is 11.6 Å². The average Bonchev–Trinajstić information content (AvgIpc) is 2.25. The number of nitrogens with zero attached hydrogens (tertiary/aromatic N) is 1. The lowest BCUT2D eigenvalue weighted by Crippen LogP contribution is -2.51. The predicted octanol–water partition coefficient (Wildman–Crippen LogP) is 1.11. The van der Waals surface area contributed by atoms with Gasteiger partial charge in [-0.25, -0.2) is 0 Å². The largest absolute Gasteiger partial charge is 0.336 e. The van der Waals surface area contributed by atoms with Crippen molar-refractivity contribution < 1.29 is 4.79 Å². The minimum absolute atomic E-state index is 0.0400. The van der Waals surface area contributed by atoms with Crippen molar-refractivity contribution in [1.82, 2.24) is 10.2 Å². The number of hydrogen-bond acceptors (Lipinski definition) is 2. The first-order valence-corrected chi connectivity index (χ1v) is 5.17. The molecule has 1 heterocycles. The van der Waals surface area contributed by atoms with Crippen LogP contribution in [0.15, 0.2) is 37.0 Å². The van der Waals surface area contributed by atoms with Crippen molar-refractivity contribution in [2.24, 2.45) is 0 Å². The standard InChI is InChI=1S/C12H18N2O/c1-4-6-11(5-2)12(15)14-8-7-13-10(3)9-14/h4-6,10,13H,1-2,7-9H2,3H3/b11-6+/t10-/m1/s1. The molecule has 0 saturated carbocycles. The van der Waals surface area contributed by atoms with Crippen molar-refractivity contribution in [1.29, 1.82) is 0 Å². The first-order valence-electron chi connectivity index (χ1n) is 5.17. The SMILES string of the molecule is C=C/C=C(\C=C)C(=O)N1CCN[C@H](C)C1. The van der Waals surface area contributed by atoms with Crippen LogP contribution >= 0.6 is 0 Å². The highest BCUT2D eigenvalue weighted by molar-refractivity contribution is 5.96. The maximum Gasteiger partial charge on any atom is 0.253 e. The van der Waals surface area contributed by atoms with Crippen molar-refractivity contribution in [2.45, 2.75) is 13.0 Å². The molecular weight excluding hydrogens is 188 g/mol. The lowest BCUT2D eigenvalue weighted by atomic mass is 10.1. The molecule has 0 spiro atoms. The third-order valence-electron chi connectivity index (χ3n) is 2.42. The Balaban J connectivity index is 2.69. The molecule has 1 aliphatic heterocycles. The molecule has 0 unspecified atom stereocenters. The molecule has 0 bridgehead atoms. The van der Waals surface area contributed by atoms with E-state index in [-0.39, 0.29) is 5.91 Å². The number of nitrogens with one attached hydrogen (secondary N) is 1. The zero-order valence-corrected chi connectivity index (χ0v) is 9.20. The molecule has 1 rings (SSSR count). The zero-order valence-electron chi connectivity index (χ0n) is 9.20. The summed E-state index contributed by atoms with van der Waals surface area (Å²) in [5.41, 5.74) is 0.610. The molecule has 1 fully saturated rings. The Morgan fingerprint density at radius 2 is 2.27 bits per heavy atom. The molecular formula is C12H18N2O. The lowest BCUT2D eigenvalue weighted by Gasteiger charge is -2.32. The zero-order chi connectivity index (χ0) is 11.3. The molecule has 1 atom stereocenters. The van der Waals surface area contributed by atoms with E-state index in [1.54, 1.807) is 18.2 Å². The molecule has 1 N–H and O–H groups in total. The Kier molecular flexibility index (Phi) is 4.31. The van der Waals surface area contributed by atoms with Crippen LogP contribution in [0.1, 0.15) is 6.92 Å². The number of piperazine rings is 1. The summed E-state index contributed by atoms with van der Waals surface area (Å²) in [6.07, 6.45) is 4.89. The quantitative estimate of drug-likeness (QED) is 0.554. The molecule has 3 heteroatoms. The minimum atomic E-state index is 0.0400. The fourth-order valence-corrected chi connectivity index (χ4v) is 1.65. The van der Waals surface area contributed by atoms with E-state index in [1.807, 2.05) is 4.90 Å². The van der Waals surface area contributed by atoms with Crippen LogP contribution in [-0.2, 0) is 4.79 Å². The number of hydrogen-bond donors (Lipinski definition) is 1. The predicted molar refractivity (Wildman–Crippen MR) is 62.5 cm³/mol. The van der Waals surface area contributed by atoms with E-state index in [1.165, 1.54) is 0 Å². The van der Waals surface area contributed by atoms with Gasteiger partial charge in [0.1, 0.15) is 0 Å². The number of rotatable bonds is 3. The molecule has 0 aromatic carbocycles. The van der Waals surface area contributed by atoms with Gasteiger partial charge in [0, 0.05) is 31.2 Å². The smallest absolute Gasteiger partial charge is 0.253 e. The number of carbonyl (C=O) groups is 1. The molecule has 1 saturated heterocycles. The van der Waals surface area contributed by atoms with Crippen molar-refractivity contribution in [2.75, 3.05) is 19.6 Å². The fourth-order valence-electron chi connectivity index (χ4n) is 1.65.